The maximum absolute atomic E-state index is 13.1. The van der Waals surface area contributed by atoms with E-state index in [1.165, 1.54) is 107 Å². The van der Waals surface area contributed by atoms with E-state index in [9.17, 15) is 4.39 Å². The van der Waals surface area contributed by atoms with Gasteiger partial charge in [0, 0.05) is 43.2 Å². The van der Waals surface area contributed by atoms with Crippen molar-refractivity contribution in [3.63, 3.8) is 0 Å². The molecule has 1 radical (unpaired) electrons. The molecule has 8 aromatic carbocycles. The van der Waals surface area contributed by atoms with Crippen LogP contribution in [-0.4, -0.2) is 22.6 Å². The fourth-order valence-corrected chi connectivity index (χ4v) is 17.5. The standard InChI is InChI=1S/C49H39N2O.C19H21FNSi.Ir/c1-31(2)42-28-38(36-24-22-35(23-25-36)33-14-7-5-8-15-33)29-43(32(3)4)47(42)51-45-21-12-11-20-44(45)50-49(51)41-19-13-18-40-39-27-26-37(30-46(39)52-48(40)41)34-16-9-6-10-17-34;20-17-8-6-15(7-9-17)18-13-16-5-4-12-22(19(16)14-21-18)10-2-1-3-11-22;/h5-18,20-32H,1-4H3;6,8-9,13-14H,1-5,10-12H2;/q2*-1;. The molecule has 0 saturated carbocycles. The Balaban J connectivity index is 0.000000218. The van der Waals surface area contributed by atoms with Crippen LogP contribution >= 0.6 is 0 Å². The molecule has 0 bridgehead atoms. The number of rotatable bonds is 8. The number of furan rings is 1. The second-order valence-electron chi connectivity index (χ2n) is 21.1. The number of aromatic nitrogens is 3. The van der Waals surface area contributed by atoms with Gasteiger partial charge in [-0.2, -0.15) is 0 Å². The maximum Gasteiger partial charge on any atom is 0.121 e. The van der Waals surface area contributed by atoms with E-state index in [-0.39, 0.29) is 37.8 Å². The van der Waals surface area contributed by atoms with E-state index < -0.39 is 8.07 Å². The molecule has 2 aliphatic heterocycles. The number of benzene rings is 8. The van der Waals surface area contributed by atoms with Crippen molar-refractivity contribution in [3.05, 3.63) is 217 Å². The molecule has 0 atom stereocenters. The molecule has 0 amide bonds. The third-order valence-electron chi connectivity index (χ3n) is 15.8. The minimum Gasteiger partial charge on any atom is -0.501 e. The summed E-state index contributed by atoms with van der Waals surface area (Å²) >= 11 is 0. The molecule has 11 aromatic rings. The smallest absolute Gasteiger partial charge is 0.121 e. The molecule has 0 aliphatic carbocycles. The summed E-state index contributed by atoms with van der Waals surface area (Å²) in [5, 5.41) is 3.77. The molecule has 1 fully saturated rings. The minimum absolute atomic E-state index is 0. The second kappa shape index (κ2) is 21.3. The average Bonchev–Trinajstić information content (AvgIpc) is 4.03. The Hall–Kier alpha value is -7.02. The molecule has 4 nitrogen and oxygen atoms in total. The zero-order valence-corrected chi connectivity index (χ0v) is 46.5. The van der Waals surface area contributed by atoms with Crippen LogP contribution < -0.4 is 5.19 Å². The molecule has 7 heteroatoms. The molecule has 1 saturated heterocycles. The van der Waals surface area contributed by atoms with Crippen molar-refractivity contribution in [3.8, 4) is 61.7 Å². The number of imidazole rings is 1. The van der Waals surface area contributed by atoms with Crippen LogP contribution in [0.1, 0.15) is 81.9 Å². The van der Waals surface area contributed by atoms with Gasteiger partial charge in [-0.15, -0.1) is 48.0 Å². The van der Waals surface area contributed by atoms with Gasteiger partial charge in [-0.25, -0.2) is 0 Å². The molecule has 1 spiro atoms. The van der Waals surface area contributed by atoms with E-state index >= 15 is 0 Å². The molecule has 0 unspecified atom stereocenters. The van der Waals surface area contributed by atoms with Crippen molar-refractivity contribution >= 4 is 46.2 Å². The third kappa shape index (κ3) is 9.67. The van der Waals surface area contributed by atoms with Gasteiger partial charge in [-0.1, -0.05) is 203 Å². The van der Waals surface area contributed by atoms with Crippen molar-refractivity contribution in [1.82, 2.24) is 14.5 Å². The fraction of sp³-hybridized carbons (Fsp3) is 0.206. The van der Waals surface area contributed by atoms with Gasteiger partial charge >= 0.3 is 0 Å². The van der Waals surface area contributed by atoms with Crippen molar-refractivity contribution in [2.45, 2.75) is 89.8 Å². The van der Waals surface area contributed by atoms with Crippen molar-refractivity contribution in [2.24, 2.45) is 0 Å². The first-order chi connectivity index (χ1) is 36.2. The van der Waals surface area contributed by atoms with Gasteiger partial charge in [0.15, 0.2) is 0 Å². The Morgan fingerprint density at radius 3 is 1.91 bits per heavy atom. The number of hydrogen-bond donors (Lipinski definition) is 0. The van der Waals surface area contributed by atoms with Crippen LogP contribution in [0.15, 0.2) is 187 Å². The van der Waals surface area contributed by atoms with E-state index in [2.05, 4.69) is 196 Å². The summed E-state index contributed by atoms with van der Waals surface area (Å²) in [5.41, 5.74) is 18.8. The van der Waals surface area contributed by atoms with E-state index in [1.54, 1.807) is 11.3 Å². The van der Waals surface area contributed by atoms with Crippen LogP contribution in [-0.2, 0) is 26.5 Å². The quantitative estimate of drug-likeness (QED) is 0.112. The van der Waals surface area contributed by atoms with Crippen molar-refractivity contribution in [2.75, 3.05) is 0 Å². The van der Waals surface area contributed by atoms with Gasteiger partial charge in [0.2, 0.25) is 0 Å². The number of hydrogen-bond acceptors (Lipinski definition) is 3. The minimum atomic E-state index is -1.26. The Bertz CT molecular complexity index is 3770. The van der Waals surface area contributed by atoms with E-state index in [0.717, 1.165) is 66.7 Å². The molecule has 75 heavy (non-hydrogen) atoms. The van der Waals surface area contributed by atoms with Crippen LogP contribution in [0, 0.1) is 17.9 Å². The number of halogens is 1. The summed E-state index contributed by atoms with van der Waals surface area (Å²) in [6.07, 6.45) is 8.94. The topological polar surface area (TPSA) is 43.9 Å². The Morgan fingerprint density at radius 1 is 0.600 bits per heavy atom. The molecule has 13 rings (SSSR count). The fourth-order valence-electron chi connectivity index (χ4n) is 12.0. The van der Waals surface area contributed by atoms with Gasteiger partial charge < -0.3 is 14.0 Å². The van der Waals surface area contributed by atoms with Gasteiger partial charge in [0.05, 0.1) is 30.5 Å². The number of aryl methyl sites for hydroxylation is 1. The second-order valence-corrected chi connectivity index (χ2v) is 25.7. The number of para-hydroxylation sites is 2. The van der Waals surface area contributed by atoms with Crippen LogP contribution in [0.5, 0.6) is 0 Å². The SMILES string of the molecule is CC(C)c1cc(-c2ccc(-c3ccccc3)cc2)cc(C(C)C)c1-n1c(-c2[c-]ccc3c2oc2cc(-c4ccccc4)ccc23)nc2ccccc21.Fc1c[c-]c(-c2cc3c(cn2)[Si]2(CCCCC2)CCC3)cc1.[Ir]. The predicted octanol–water partition coefficient (Wildman–Crippen LogP) is 18.1. The summed E-state index contributed by atoms with van der Waals surface area (Å²) in [6.45, 7) is 9.17. The molecule has 5 heterocycles. The Labute approximate surface area is 455 Å². The Kier molecular flexibility index (Phi) is 14.2. The number of nitrogens with zero attached hydrogens (tertiary/aromatic N) is 3. The maximum atomic E-state index is 13.1. The van der Waals surface area contributed by atoms with Crippen LogP contribution in [0.4, 0.5) is 4.39 Å². The normalized spacial score (nSPS) is 14.0. The van der Waals surface area contributed by atoms with Crippen LogP contribution in [0.25, 0.3) is 94.7 Å². The summed E-state index contributed by atoms with van der Waals surface area (Å²) in [4.78, 5) is 10.1. The molecule has 3 aromatic heterocycles. The van der Waals surface area contributed by atoms with Gasteiger partial charge in [0.1, 0.15) is 5.58 Å². The van der Waals surface area contributed by atoms with Crippen molar-refractivity contribution in [1.29, 1.82) is 0 Å². The molecular formula is C68H60FIrN3OSi-2. The van der Waals surface area contributed by atoms with E-state index in [4.69, 9.17) is 14.4 Å². The Morgan fingerprint density at radius 2 is 1.23 bits per heavy atom. The number of pyridine rings is 1. The monoisotopic (exact) mass is 1170 g/mol. The summed E-state index contributed by atoms with van der Waals surface area (Å²) in [6, 6.07) is 71.7. The van der Waals surface area contributed by atoms with Gasteiger partial charge in [0.25, 0.3) is 0 Å². The van der Waals surface area contributed by atoms with Crippen LogP contribution in [0.3, 0.4) is 0 Å². The summed E-state index contributed by atoms with van der Waals surface area (Å²) < 4.78 is 22.2. The van der Waals surface area contributed by atoms with Crippen molar-refractivity contribution < 1.29 is 28.9 Å². The van der Waals surface area contributed by atoms with Gasteiger partial charge in [-0.05, 0) is 104 Å². The van der Waals surface area contributed by atoms with Crippen LogP contribution in [0.2, 0.25) is 18.1 Å². The first kappa shape index (κ1) is 50.2. The largest absolute Gasteiger partial charge is 0.501 e. The molecule has 0 N–H and O–H groups in total. The summed E-state index contributed by atoms with van der Waals surface area (Å²) in [5.74, 6) is 1.10. The molecule has 2 aliphatic rings. The first-order valence-corrected chi connectivity index (χ1v) is 29.2. The zero-order chi connectivity index (χ0) is 50.3. The molecular weight excluding hydrogens is 1110 g/mol. The average molecular weight is 1170 g/mol. The molecule has 375 valence electrons. The van der Waals surface area contributed by atoms with E-state index in [0.29, 0.717) is 0 Å². The first-order valence-electron chi connectivity index (χ1n) is 26.6. The summed E-state index contributed by atoms with van der Waals surface area (Å²) in [7, 11) is -1.26. The zero-order valence-electron chi connectivity index (χ0n) is 43.1. The van der Waals surface area contributed by atoms with E-state index in [1.807, 2.05) is 12.1 Å². The third-order valence-corrected chi connectivity index (χ3v) is 21.3. The number of fused-ring (bicyclic) bond motifs is 6. The van der Waals surface area contributed by atoms with Gasteiger partial charge in [-0.3, -0.25) is 9.37 Å². The predicted molar refractivity (Wildman–Crippen MR) is 308 cm³/mol.